The van der Waals surface area contributed by atoms with Gasteiger partial charge in [-0.05, 0) is 48.2 Å². The highest BCUT2D eigenvalue weighted by Gasteiger charge is 2.22. The molecule has 4 rings (SSSR count). The number of carbonyl (C=O) groups is 1. The monoisotopic (exact) mass is 439 g/mol. The summed E-state index contributed by atoms with van der Waals surface area (Å²) in [5.41, 5.74) is 2.83. The molecule has 2 fully saturated rings. The number of anilines is 2. The molecule has 1 unspecified atom stereocenters. The number of nitrogens with zero attached hydrogens (tertiary/aromatic N) is 2. The largest absolute Gasteiger partial charge is 0.388 e. The lowest BCUT2D eigenvalue weighted by atomic mass is 9.97. The summed E-state index contributed by atoms with van der Waals surface area (Å²) >= 11 is 13.5. The van der Waals surface area contributed by atoms with E-state index in [1.54, 1.807) is 18.0 Å². The first-order chi connectivity index (χ1) is 13.5. The van der Waals surface area contributed by atoms with Crippen LogP contribution in [0.4, 0.5) is 11.5 Å². The molecule has 0 radical (unpaired) electrons. The van der Waals surface area contributed by atoms with E-state index in [4.69, 9.17) is 27.9 Å². The van der Waals surface area contributed by atoms with E-state index >= 15 is 0 Å². The molecule has 28 heavy (non-hydrogen) atoms. The van der Waals surface area contributed by atoms with E-state index in [2.05, 4.69) is 27.6 Å². The molecule has 0 bridgehead atoms. The fourth-order valence-corrected chi connectivity index (χ4v) is 4.34. The number of benzene rings is 1. The minimum Gasteiger partial charge on any atom is -0.388 e. The van der Waals surface area contributed by atoms with E-state index in [0.717, 1.165) is 49.0 Å². The molecule has 1 aromatic heterocycles. The summed E-state index contributed by atoms with van der Waals surface area (Å²) in [6.07, 6.45) is 3.44. The Morgan fingerprint density at radius 2 is 2.07 bits per heavy atom. The van der Waals surface area contributed by atoms with Crippen molar-refractivity contribution in [3.63, 3.8) is 0 Å². The average molecular weight is 440 g/mol. The maximum atomic E-state index is 10.7. The first kappa shape index (κ1) is 21.2. The average Bonchev–Trinajstić information content (AvgIpc) is 3.07. The van der Waals surface area contributed by atoms with Crippen molar-refractivity contribution < 1.29 is 9.53 Å². The Labute approximate surface area is 179 Å². The molecular weight excluding hydrogens is 417 g/mol. The zero-order valence-corrected chi connectivity index (χ0v) is 18.2. The Bertz CT molecular complexity index is 833. The molecule has 0 spiro atoms. The number of rotatable bonds is 4. The van der Waals surface area contributed by atoms with Gasteiger partial charge in [0.15, 0.2) is 6.29 Å². The Kier molecular flexibility index (Phi) is 7.46. The van der Waals surface area contributed by atoms with Crippen molar-refractivity contribution in [2.45, 2.75) is 24.5 Å². The normalized spacial score (nSPS) is 18.9. The predicted molar refractivity (Wildman–Crippen MR) is 118 cm³/mol. The molecule has 0 aliphatic carbocycles. The Morgan fingerprint density at radius 1 is 1.29 bits per heavy atom. The second kappa shape index (κ2) is 9.83. The lowest BCUT2D eigenvalue weighted by Crippen LogP contribution is -2.25. The molecule has 3 heterocycles. The zero-order chi connectivity index (χ0) is 20.1. The van der Waals surface area contributed by atoms with Gasteiger partial charge in [0.2, 0.25) is 0 Å². The number of ether oxygens (including phenoxy) is 1. The number of pyridine rings is 1. The Balaban J connectivity index is 0.000000162. The van der Waals surface area contributed by atoms with Gasteiger partial charge in [-0.15, -0.1) is 0 Å². The predicted octanol–water partition coefficient (Wildman–Crippen LogP) is 5.29. The molecule has 0 saturated carbocycles. The summed E-state index contributed by atoms with van der Waals surface area (Å²) in [4.78, 5) is 14.9. The third-order valence-corrected chi connectivity index (χ3v) is 6.37. The van der Waals surface area contributed by atoms with E-state index in [1.165, 1.54) is 11.8 Å². The fraction of sp³-hybridized carbons (Fsp3) is 0.400. The smallest absolute Gasteiger partial charge is 0.151 e. The summed E-state index contributed by atoms with van der Waals surface area (Å²) in [5, 5.41) is 4.89. The van der Waals surface area contributed by atoms with E-state index < -0.39 is 0 Å². The first-order valence-corrected chi connectivity index (χ1v) is 10.7. The number of aromatic nitrogens is 1. The lowest BCUT2D eigenvalue weighted by Gasteiger charge is -2.26. The molecular formula is C20H23Cl2N3O2S. The SMILES string of the molecule is CC1CCN(c2cc(C=O)c(Cl)cn2)S1.CNc1cc(Cl)cc(C2COC2)c1. The minimum atomic E-state index is 0.408. The van der Waals surface area contributed by atoms with E-state index in [1.807, 2.05) is 19.2 Å². The molecule has 2 aromatic rings. The third kappa shape index (κ3) is 5.32. The topological polar surface area (TPSA) is 54.5 Å². The van der Waals surface area contributed by atoms with Crippen molar-refractivity contribution in [3.05, 3.63) is 51.6 Å². The lowest BCUT2D eigenvalue weighted by molar-refractivity contribution is 0.00845. The molecule has 1 atom stereocenters. The third-order valence-electron chi connectivity index (χ3n) is 4.62. The van der Waals surface area contributed by atoms with E-state index in [0.29, 0.717) is 21.8 Å². The van der Waals surface area contributed by atoms with Gasteiger partial charge in [0.05, 0.1) is 18.2 Å². The number of hydrogen-bond donors (Lipinski definition) is 1. The van der Waals surface area contributed by atoms with Gasteiger partial charge in [0.1, 0.15) is 5.82 Å². The van der Waals surface area contributed by atoms with Crippen LogP contribution >= 0.6 is 35.1 Å². The summed E-state index contributed by atoms with van der Waals surface area (Å²) < 4.78 is 7.24. The fourth-order valence-electron chi connectivity index (χ4n) is 2.88. The zero-order valence-electron chi connectivity index (χ0n) is 15.8. The van der Waals surface area contributed by atoms with Gasteiger partial charge in [-0.25, -0.2) is 4.98 Å². The summed E-state index contributed by atoms with van der Waals surface area (Å²) in [6.45, 7) is 4.80. The number of carbonyl (C=O) groups excluding carboxylic acids is 1. The molecule has 2 aliphatic rings. The number of aldehydes is 1. The Morgan fingerprint density at radius 3 is 2.64 bits per heavy atom. The van der Waals surface area contributed by atoms with Crippen LogP contribution in [0.1, 0.15) is 35.2 Å². The molecule has 2 aliphatic heterocycles. The maximum Gasteiger partial charge on any atom is 0.151 e. The second-order valence-electron chi connectivity index (χ2n) is 6.75. The van der Waals surface area contributed by atoms with E-state index in [9.17, 15) is 4.79 Å². The van der Waals surface area contributed by atoms with Crippen LogP contribution < -0.4 is 9.62 Å². The van der Waals surface area contributed by atoms with Crippen molar-refractivity contribution >= 4 is 52.9 Å². The van der Waals surface area contributed by atoms with Crippen LogP contribution in [0.25, 0.3) is 0 Å². The minimum absolute atomic E-state index is 0.408. The summed E-state index contributed by atoms with van der Waals surface area (Å²) in [5.74, 6) is 1.35. The van der Waals surface area contributed by atoms with Gasteiger partial charge >= 0.3 is 0 Å². The van der Waals surface area contributed by atoms with Gasteiger partial charge in [-0.3, -0.25) is 4.79 Å². The molecule has 150 valence electrons. The van der Waals surface area contributed by atoms with Crippen LogP contribution in [0.15, 0.2) is 30.5 Å². The van der Waals surface area contributed by atoms with Gasteiger partial charge in [0, 0.05) is 47.2 Å². The van der Waals surface area contributed by atoms with Crippen LogP contribution in [-0.4, -0.2) is 43.3 Å². The molecule has 8 heteroatoms. The van der Waals surface area contributed by atoms with Crippen LogP contribution in [0.3, 0.4) is 0 Å². The molecule has 0 amide bonds. The van der Waals surface area contributed by atoms with Crippen LogP contribution in [0.5, 0.6) is 0 Å². The molecule has 1 aromatic carbocycles. The summed E-state index contributed by atoms with van der Waals surface area (Å²) in [6, 6.07) is 7.79. The van der Waals surface area contributed by atoms with Crippen LogP contribution in [0, 0.1) is 0 Å². The van der Waals surface area contributed by atoms with Crippen molar-refractivity contribution in [1.29, 1.82) is 0 Å². The van der Waals surface area contributed by atoms with Crippen LogP contribution in [-0.2, 0) is 4.74 Å². The molecule has 2 saturated heterocycles. The quantitative estimate of drug-likeness (QED) is 0.515. The standard InChI is InChI=1S/C10H11ClN2OS.C10H12ClNO/c1-7-2-3-13(15-7)10-4-8(6-14)9(11)5-12-10;1-12-10-3-7(2-9(11)4-10)8-5-13-6-8/h4-7H,2-3H2,1H3;2-4,8,12H,5-6H2,1H3. The highest BCUT2D eigenvalue weighted by Crippen LogP contribution is 2.33. The number of nitrogens with one attached hydrogen (secondary N) is 1. The summed E-state index contributed by atoms with van der Waals surface area (Å²) in [7, 11) is 1.90. The second-order valence-corrected chi connectivity index (χ2v) is 9.05. The molecule has 5 nitrogen and oxygen atoms in total. The van der Waals surface area contributed by atoms with Gasteiger partial charge in [-0.1, -0.05) is 30.1 Å². The van der Waals surface area contributed by atoms with Crippen molar-refractivity contribution in [2.24, 2.45) is 0 Å². The Hall–Kier alpha value is -1.47. The highest BCUT2D eigenvalue weighted by atomic mass is 35.5. The molecule has 1 N–H and O–H groups in total. The number of halogens is 2. The first-order valence-electron chi connectivity index (χ1n) is 9.11. The number of hydrogen-bond acceptors (Lipinski definition) is 6. The van der Waals surface area contributed by atoms with Crippen molar-refractivity contribution in [2.75, 3.05) is 36.4 Å². The highest BCUT2D eigenvalue weighted by molar-refractivity contribution is 8.01. The van der Waals surface area contributed by atoms with Gasteiger partial charge < -0.3 is 14.4 Å². The van der Waals surface area contributed by atoms with Gasteiger partial charge in [0.25, 0.3) is 0 Å². The van der Waals surface area contributed by atoms with Crippen molar-refractivity contribution in [3.8, 4) is 0 Å². The van der Waals surface area contributed by atoms with Crippen LogP contribution in [0.2, 0.25) is 10.0 Å². The maximum absolute atomic E-state index is 10.7. The van der Waals surface area contributed by atoms with Gasteiger partial charge in [-0.2, -0.15) is 0 Å². The van der Waals surface area contributed by atoms with E-state index in [-0.39, 0.29) is 0 Å². The van der Waals surface area contributed by atoms with Crippen molar-refractivity contribution in [1.82, 2.24) is 4.98 Å².